The third-order valence-corrected chi connectivity index (χ3v) is 4.08. The molecule has 1 aromatic heterocycles. The SMILES string of the molecule is CCCCn1nnnc1COC(=O)c1ccc(C(=O)c2ccccc2)cc1. The van der Waals surface area contributed by atoms with E-state index in [9.17, 15) is 9.59 Å². The molecule has 7 heteroatoms. The van der Waals surface area contributed by atoms with Gasteiger partial charge >= 0.3 is 5.97 Å². The first-order valence-corrected chi connectivity index (χ1v) is 8.81. The third kappa shape index (κ3) is 4.63. The molecule has 0 radical (unpaired) electrons. The lowest BCUT2D eigenvalue weighted by Crippen LogP contribution is -2.11. The van der Waals surface area contributed by atoms with Gasteiger partial charge in [0.15, 0.2) is 18.2 Å². The summed E-state index contributed by atoms with van der Waals surface area (Å²) in [6.45, 7) is 2.77. The standard InChI is InChI=1S/C20H20N4O3/c1-2-3-13-24-18(21-22-23-24)14-27-20(26)17-11-9-16(10-12-17)19(25)15-7-5-4-6-8-15/h4-12H,2-3,13-14H2,1H3. The second-order valence-electron chi connectivity index (χ2n) is 6.02. The number of aromatic nitrogens is 4. The molecule has 0 bridgehead atoms. The normalized spacial score (nSPS) is 10.6. The molecular weight excluding hydrogens is 344 g/mol. The lowest BCUT2D eigenvalue weighted by atomic mass is 10.0. The van der Waals surface area contributed by atoms with Gasteiger partial charge in [0.2, 0.25) is 0 Å². The van der Waals surface area contributed by atoms with Crippen molar-refractivity contribution < 1.29 is 14.3 Å². The molecular formula is C20H20N4O3. The number of tetrazole rings is 1. The Morgan fingerprint density at radius 2 is 1.63 bits per heavy atom. The summed E-state index contributed by atoms with van der Waals surface area (Å²) >= 11 is 0. The summed E-state index contributed by atoms with van der Waals surface area (Å²) in [5.41, 5.74) is 1.49. The second kappa shape index (κ2) is 8.84. The van der Waals surface area contributed by atoms with Gasteiger partial charge in [-0.25, -0.2) is 9.48 Å². The predicted octanol–water partition coefficient (Wildman–Crippen LogP) is 3.06. The van der Waals surface area contributed by atoms with Crippen LogP contribution in [0.3, 0.4) is 0 Å². The molecule has 0 fully saturated rings. The Kier molecular flexibility index (Phi) is 6.04. The van der Waals surface area contributed by atoms with E-state index in [4.69, 9.17) is 4.74 Å². The van der Waals surface area contributed by atoms with Crippen LogP contribution in [0.5, 0.6) is 0 Å². The summed E-state index contributed by atoms with van der Waals surface area (Å²) in [6, 6.07) is 15.4. The first-order valence-electron chi connectivity index (χ1n) is 8.81. The highest BCUT2D eigenvalue weighted by Gasteiger charge is 2.13. The first kappa shape index (κ1) is 18.4. The van der Waals surface area contributed by atoms with Crippen LogP contribution in [0.25, 0.3) is 0 Å². The number of carbonyl (C=O) groups is 2. The monoisotopic (exact) mass is 364 g/mol. The number of rotatable bonds is 8. The van der Waals surface area contributed by atoms with Crippen molar-refractivity contribution in [1.29, 1.82) is 0 Å². The zero-order chi connectivity index (χ0) is 19.1. The predicted molar refractivity (Wildman–Crippen MR) is 98.2 cm³/mol. The van der Waals surface area contributed by atoms with Crippen molar-refractivity contribution in [2.45, 2.75) is 32.9 Å². The quantitative estimate of drug-likeness (QED) is 0.451. The van der Waals surface area contributed by atoms with Gasteiger partial charge in [0.1, 0.15) is 0 Å². The van der Waals surface area contributed by atoms with Crippen molar-refractivity contribution in [2.75, 3.05) is 0 Å². The number of unbranched alkanes of at least 4 members (excludes halogenated alkanes) is 1. The highest BCUT2D eigenvalue weighted by atomic mass is 16.5. The van der Waals surface area contributed by atoms with Crippen molar-refractivity contribution in [2.24, 2.45) is 0 Å². The van der Waals surface area contributed by atoms with E-state index >= 15 is 0 Å². The van der Waals surface area contributed by atoms with Crippen molar-refractivity contribution in [3.05, 3.63) is 77.1 Å². The van der Waals surface area contributed by atoms with Gasteiger partial charge in [-0.3, -0.25) is 4.79 Å². The van der Waals surface area contributed by atoms with Crippen LogP contribution in [0.4, 0.5) is 0 Å². The lowest BCUT2D eigenvalue weighted by molar-refractivity contribution is 0.0456. The smallest absolute Gasteiger partial charge is 0.338 e. The van der Waals surface area contributed by atoms with E-state index in [-0.39, 0.29) is 12.4 Å². The van der Waals surface area contributed by atoms with Crippen LogP contribution in [0.15, 0.2) is 54.6 Å². The van der Waals surface area contributed by atoms with E-state index in [0.717, 1.165) is 12.8 Å². The Balaban J connectivity index is 1.61. The lowest BCUT2D eigenvalue weighted by Gasteiger charge is -2.06. The summed E-state index contributed by atoms with van der Waals surface area (Å²) < 4.78 is 6.93. The largest absolute Gasteiger partial charge is 0.454 e. The molecule has 0 saturated carbocycles. The molecule has 0 atom stereocenters. The van der Waals surface area contributed by atoms with Crippen molar-refractivity contribution in [1.82, 2.24) is 20.2 Å². The fraction of sp³-hybridized carbons (Fsp3) is 0.250. The van der Waals surface area contributed by atoms with Crippen LogP contribution >= 0.6 is 0 Å². The minimum Gasteiger partial charge on any atom is -0.454 e. The Labute approximate surface area is 157 Å². The average Bonchev–Trinajstić information content (AvgIpc) is 3.18. The Bertz CT molecular complexity index is 904. The van der Waals surface area contributed by atoms with E-state index in [1.807, 2.05) is 18.2 Å². The molecule has 0 aliphatic carbocycles. The van der Waals surface area contributed by atoms with E-state index in [0.29, 0.717) is 29.1 Å². The van der Waals surface area contributed by atoms with Gasteiger partial charge in [-0.15, -0.1) is 5.10 Å². The Hall–Kier alpha value is -3.35. The maximum Gasteiger partial charge on any atom is 0.338 e. The number of hydrogen-bond acceptors (Lipinski definition) is 6. The van der Waals surface area contributed by atoms with Gasteiger partial charge in [0, 0.05) is 17.7 Å². The molecule has 7 nitrogen and oxygen atoms in total. The van der Waals surface area contributed by atoms with Crippen molar-refractivity contribution in [3.8, 4) is 0 Å². The number of aryl methyl sites for hydroxylation is 1. The maximum atomic E-state index is 12.4. The number of hydrogen-bond donors (Lipinski definition) is 0. The fourth-order valence-corrected chi connectivity index (χ4v) is 2.54. The van der Waals surface area contributed by atoms with Gasteiger partial charge in [0.25, 0.3) is 0 Å². The summed E-state index contributed by atoms with van der Waals surface area (Å²) in [4.78, 5) is 24.6. The molecule has 2 aromatic carbocycles. The van der Waals surface area contributed by atoms with E-state index in [1.54, 1.807) is 41.1 Å². The molecule has 1 heterocycles. The number of carbonyl (C=O) groups excluding carboxylic acids is 2. The molecule has 27 heavy (non-hydrogen) atoms. The van der Waals surface area contributed by atoms with Gasteiger partial charge in [-0.05, 0) is 29.0 Å². The molecule has 0 amide bonds. The van der Waals surface area contributed by atoms with Crippen LogP contribution in [0.2, 0.25) is 0 Å². The van der Waals surface area contributed by atoms with E-state index in [1.165, 1.54) is 0 Å². The van der Waals surface area contributed by atoms with Gasteiger partial charge in [-0.1, -0.05) is 55.8 Å². The molecule has 3 aromatic rings. The third-order valence-electron chi connectivity index (χ3n) is 4.08. The van der Waals surface area contributed by atoms with Crippen LogP contribution < -0.4 is 0 Å². The van der Waals surface area contributed by atoms with Crippen molar-refractivity contribution >= 4 is 11.8 Å². The molecule has 0 saturated heterocycles. The number of benzene rings is 2. The maximum absolute atomic E-state index is 12.4. The molecule has 0 spiro atoms. The average molecular weight is 364 g/mol. The Morgan fingerprint density at radius 3 is 2.33 bits per heavy atom. The topological polar surface area (TPSA) is 87.0 Å². The molecule has 0 aliphatic heterocycles. The van der Waals surface area contributed by atoms with Gasteiger partial charge < -0.3 is 4.74 Å². The highest BCUT2D eigenvalue weighted by molar-refractivity contribution is 6.09. The number of esters is 1. The molecule has 138 valence electrons. The van der Waals surface area contributed by atoms with E-state index < -0.39 is 5.97 Å². The number of ketones is 1. The molecule has 0 unspecified atom stereocenters. The number of ether oxygens (including phenoxy) is 1. The Morgan fingerprint density at radius 1 is 0.963 bits per heavy atom. The molecule has 3 rings (SSSR count). The van der Waals surface area contributed by atoms with Crippen LogP contribution in [-0.2, 0) is 17.9 Å². The van der Waals surface area contributed by atoms with Gasteiger partial charge in [-0.2, -0.15) is 0 Å². The second-order valence-corrected chi connectivity index (χ2v) is 6.02. The fourth-order valence-electron chi connectivity index (χ4n) is 2.54. The summed E-state index contributed by atoms with van der Waals surface area (Å²) in [6.07, 6.45) is 1.97. The van der Waals surface area contributed by atoms with Crippen molar-refractivity contribution in [3.63, 3.8) is 0 Å². The van der Waals surface area contributed by atoms with Crippen LogP contribution in [-0.4, -0.2) is 32.0 Å². The molecule has 0 N–H and O–H groups in total. The minimum atomic E-state index is -0.487. The number of nitrogens with zero attached hydrogens (tertiary/aromatic N) is 4. The summed E-state index contributed by atoms with van der Waals surface area (Å²) in [5.74, 6) is -0.0722. The van der Waals surface area contributed by atoms with Gasteiger partial charge in [0.05, 0.1) is 5.56 Å². The van der Waals surface area contributed by atoms with Crippen LogP contribution in [0.1, 0.15) is 51.9 Å². The highest BCUT2D eigenvalue weighted by Crippen LogP contribution is 2.12. The zero-order valence-corrected chi connectivity index (χ0v) is 15.0. The van der Waals surface area contributed by atoms with Crippen LogP contribution in [0, 0.1) is 0 Å². The zero-order valence-electron chi connectivity index (χ0n) is 15.0. The minimum absolute atomic E-state index is 0.000243. The molecule has 0 aliphatic rings. The first-order chi connectivity index (χ1) is 13.2. The summed E-state index contributed by atoms with van der Waals surface area (Å²) in [5, 5.41) is 11.4. The van der Waals surface area contributed by atoms with E-state index in [2.05, 4.69) is 22.4 Å². The summed E-state index contributed by atoms with van der Waals surface area (Å²) in [7, 11) is 0.